The van der Waals surface area contributed by atoms with Gasteiger partial charge in [-0.2, -0.15) is 0 Å². The third-order valence-electron chi connectivity index (χ3n) is 8.47. The number of thioether (sulfide) groups is 1. The molecule has 1 unspecified atom stereocenters. The lowest BCUT2D eigenvalue weighted by molar-refractivity contribution is -0.150. The fourth-order valence-corrected chi connectivity index (χ4v) is 7.79. The zero-order valence-corrected chi connectivity index (χ0v) is 29.2. The molecular weight excluding hydrogens is 693 g/mol. The van der Waals surface area contributed by atoms with Gasteiger partial charge in [-0.05, 0) is 32.3 Å². The highest BCUT2D eigenvalue weighted by atomic mass is 32.2. The molecule has 3 atom stereocenters. The van der Waals surface area contributed by atoms with Crippen molar-refractivity contribution in [1.29, 1.82) is 0 Å². The summed E-state index contributed by atoms with van der Waals surface area (Å²) in [6, 6.07) is -0.117. The molecule has 0 bridgehead atoms. The summed E-state index contributed by atoms with van der Waals surface area (Å²) in [4.78, 5) is 93.1. The third kappa shape index (κ3) is 7.68. The number of rotatable bonds is 12. The number of aromatic amines is 1. The van der Waals surface area contributed by atoms with Crippen molar-refractivity contribution in [1.82, 2.24) is 30.0 Å². The number of aromatic nitrogens is 2. The maximum Gasteiger partial charge on any atom is 0.352 e. The molecule has 5 heterocycles. The second-order valence-corrected chi connectivity index (χ2v) is 14.5. The SMILES string of the molecule is CCCC1CCN(CC2=C(C(=O)O)N3C(=O)[C@@H](NC(=O)/C(=N\OC(C)(C)C=O)c4csc(N)n4)[C@H]3SC2)CCN1C(=O)c1cc(=O)c(O)c[nH]1. The zero-order chi connectivity index (χ0) is 36.3. The van der Waals surface area contributed by atoms with E-state index in [1.165, 1.54) is 35.9 Å². The Kier molecular flexibility index (Phi) is 11.0. The van der Waals surface area contributed by atoms with Crippen molar-refractivity contribution in [3.05, 3.63) is 50.5 Å². The number of β-lactam (4-membered cyclic amide) rings is 1. The number of anilines is 1. The number of aldehydes is 1. The quantitative estimate of drug-likeness (QED) is 0.0870. The number of aromatic hydroxyl groups is 1. The Morgan fingerprint density at radius 1 is 1.26 bits per heavy atom. The summed E-state index contributed by atoms with van der Waals surface area (Å²) >= 11 is 2.36. The number of fused-ring (bicyclic) bond motifs is 1. The van der Waals surface area contributed by atoms with Crippen molar-refractivity contribution < 1.29 is 39.0 Å². The lowest BCUT2D eigenvalue weighted by Crippen LogP contribution is -2.71. The number of hydrogen-bond acceptors (Lipinski definition) is 14. The van der Waals surface area contributed by atoms with Gasteiger partial charge in [0.25, 0.3) is 17.7 Å². The molecule has 6 N–H and O–H groups in total. The molecule has 0 radical (unpaired) electrons. The van der Waals surface area contributed by atoms with Gasteiger partial charge in [-0.25, -0.2) is 9.78 Å². The first-order chi connectivity index (χ1) is 23.7. The molecule has 3 amide bonds. The first-order valence-corrected chi connectivity index (χ1v) is 17.8. The molecule has 0 spiro atoms. The number of carboxylic acid groups (broad SMARTS) is 1. The summed E-state index contributed by atoms with van der Waals surface area (Å²) in [6.45, 7) is 6.44. The molecule has 2 aromatic rings. The van der Waals surface area contributed by atoms with Crippen molar-refractivity contribution in [2.24, 2.45) is 5.16 Å². The number of nitrogen functional groups attached to an aromatic ring is 1. The molecule has 268 valence electrons. The van der Waals surface area contributed by atoms with E-state index in [0.29, 0.717) is 37.9 Å². The molecule has 17 nitrogen and oxygen atoms in total. The second-order valence-electron chi connectivity index (χ2n) is 12.5. The van der Waals surface area contributed by atoms with E-state index >= 15 is 0 Å². The third-order valence-corrected chi connectivity index (χ3v) is 10.5. The van der Waals surface area contributed by atoms with Crippen LogP contribution < -0.4 is 16.5 Å². The van der Waals surface area contributed by atoms with E-state index in [1.807, 2.05) is 11.8 Å². The van der Waals surface area contributed by atoms with Gasteiger partial charge in [-0.1, -0.05) is 18.5 Å². The fraction of sp³-hybridized carbons (Fsp3) is 0.484. The number of nitrogens with one attached hydrogen (secondary N) is 2. The van der Waals surface area contributed by atoms with Gasteiger partial charge in [-0.3, -0.25) is 33.8 Å². The van der Waals surface area contributed by atoms with E-state index in [1.54, 1.807) is 4.90 Å². The average molecular weight is 731 g/mol. The Balaban J connectivity index is 1.30. The molecule has 2 aromatic heterocycles. The second kappa shape index (κ2) is 15.0. The molecule has 3 aliphatic rings. The van der Waals surface area contributed by atoms with Gasteiger partial charge >= 0.3 is 5.97 Å². The van der Waals surface area contributed by atoms with E-state index in [-0.39, 0.29) is 52.2 Å². The molecule has 2 fully saturated rings. The number of oxime groups is 1. The monoisotopic (exact) mass is 730 g/mol. The van der Waals surface area contributed by atoms with Crippen LogP contribution in [0.4, 0.5) is 5.13 Å². The van der Waals surface area contributed by atoms with Crippen LogP contribution in [0.15, 0.2) is 38.9 Å². The number of amides is 3. The Labute approximate surface area is 294 Å². The summed E-state index contributed by atoms with van der Waals surface area (Å²) in [7, 11) is 0. The van der Waals surface area contributed by atoms with Crippen LogP contribution in [0.25, 0.3) is 0 Å². The highest BCUT2D eigenvalue weighted by molar-refractivity contribution is 8.00. The van der Waals surface area contributed by atoms with Gasteiger partial charge in [0, 0.05) is 55.6 Å². The van der Waals surface area contributed by atoms with Crippen molar-refractivity contribution in [2.45, 2.75) is 63.1 Å². The van der Waals surface area contributed by atoms with Crippen LogP contribution in [0, 0.1) is 0 Å². The Hall–Kier alpha value is -4.75. The topological polar surface area (TPSA) is 241 Å². The highest BCUT2D eigenvalue weighted by Gasteiger charge is 2.54. The summed E-state index contributed by atoms with van der Waals surface area (Å²) in [5.41, 5.74) is 3.94. The van der Waals surface area contributed by atoms with Crippen LogP contribution in [0.3, 0.4) is 0 Å². The van der Waals surface area contributed by atoms with Crippen LogP contribution in [0.1, 0.15) is 56.2 Å². The first kappa shape index (κ1) is 36.5. The van der Waals surface area contributed by atoms with Gasteiger partial charge in [-0.15, -0.1) is 23.1 Å². The maximum absolute atomic E-state index is 13.4. The molecule has 2 saturated heterocycles. The minimum atomic E-state index is -1.35. The van der Waals surface area contributed by atoms with Crippen molar-refractivity contribution in [3.8, 4) is 5.75 Å². The number of H-pyrrole nitrogens is 1. The standard InChI is InChI=1S/C31H38N8O9S2/c1-4-5-17-6-7-37(8-9-38(17)26(44)18-10-20(41)21(42)11-33-18)12-16-13-49-28-23(27(45)39(28)24(16)29(46)47)35-25(43)22(19-14-50-30(32)34-19)36-48-31(2,3)15-40/h10-11,14-15,17,23,28,42H,4-9,12-13H2,1-3H3,(H2,32,34)(H,33,41)(H,35,43)(H,46,47)/b36-22-/t17?,23-,28-/m1/s1. The predicted octanol–water partition coefficient (Wildman–Crippen LogP) is 0.573. The van der Waals surface area contributed by atoms with E-state index in [2.05, 4.69) is 20.4 Å². The van der Waals surface area contributed by atoms with Gasteiger partial charge in [0.15, 0.2) is 28.5 Å². The van der Waals surface area contributed by atoms with Gasteiger partial charge in [0.2, 0.25) is 5.43 Å². The number of aliphatic carboxylic acids is 1. The van der Waals surface area contributed by atoms with Crippen molar-refractivity contribution >= 4 is 63.9 Å². The largest absolute Gasteiger partial charge is 0.503 e. The maximum atomic E-state index is 13.4. The summed E-state index contributed by atoms with van der Waals surface area (Å²) in [5, 5.41) is 27.3. The molecular formula is C31H38N8O9S2. The highest BCUT2D eigenvalue weighted by Crippen LogP contribution is 2.40. The van der Waals surface area contributed by atoms with Crippen LogP contribution in [-0.4, -0.2) is 126 Å². The molecule has 0 saturated carbocycles. The van der Waals surface area contributed by atoms with Gasteiger partial charge < -0.3 is 36.0 Å². The van der Waals surface area contributed by atoms with Crippen molar-refractivity contribution in [2.75, 3.05) is 37.7 Å². The molecule has 0 aliphatic carbocycles. The molecule has 19 heteroatoms. The summed E-state index contributed by atoms with van der Waals surface area (Å²) in [6.07, 6.45) is 3.74. The number of thiazole rings is 1. The fourth-order valence-electron chi connectivity index (χ4n) is 5.90. The Morgan fingerprint density at radius 3 is 2.66 bits per heavy atom. The molecule has 5 rings (SSSR count). The lowest BCUT2D eigenvalue weighted by Gasteiger charge is -2.49. The number of carboxylic acids is 1. The summed E-state index contributed by atoms with van der Waals surface area (Å²) < 4.78 is 0. The van der Waals surface area contributed by atoms with Gasteiger partial charge in [0.1, 0.15) is 28.5 Å². The van der Waals surface area contributed by atoms with E-state index in [9.17, 15) is 39.0 Å². The van der Waals surface area contributed by atoms with Crippen LogP contribution in [0.2, 0.25) is 0 Å². The molecule has 3 aliphatic heterocycles. The van der Waals surface area contributed by atoms with Crippen molar-refractivity contribution in [3.63, 3.8) is 0 Å². The zero-order valence-electron chi connectivity index (χ0n) is 27.6. The first-order valence-electron chi connectivity index (χ1n) is 15.8. The van der Waals surface area contributed by atoms with Crippen LogP contribution in [0.5, 0.6) is 5.75 Å². The molecule has 50 heavy (non-hydrogen) atoms. The van der Waals surface area contributed by atoms with E-state index < -0.39 is 46.0 Å². The average Bonchev–Trinajstić information content (AvgIpc) is 3.41. The number of nitrogens with two attached hydrogens (primary N) is 1. The Morgan fingerprint density at radius 2 is 2.02 bits per heavy atom. The number of pyridine rings is 1. The number of carbonyl (C=O) groups excluding carboxylic acids is 4. The number of carbonyl (C=O) groups is 5. The predicted molar refractivity (Wildman–Crippen MR) is 183 cm³/mol. The lowest BCUT2D eigenvalue weighted by atomic mass is 10.0. The summed E-state index contributed by atoms with van der Waals surface area (Å²) in [5.74, 6) is -3.29. The van der Waals surface area contributed by atoms with Crippen LogP contribution >= 0.6 is 23.1 Å². The van der Waals surface area contributed by atoms with Gasteiger partial charge in [0.05, 0.1) is 0 Å². The Bertz CT molecular complexity index is 1810. The van der Waals surface area contributed by atoms with E-state index in [0.717, 1.165) is 36.4 Å². The smallest absolute Gasteiger partial charge is 0.352 e. The number of nitrogens with zero attached hydrogens (tertiary/aromatic N) is 5. The number of hydrogen-bond donors (Lipinski definition) is 5. The van der Waals surface area contributed by atoms with E-state index in [4.69, 9.17) is 10.6 Å². The van der Waals surface area contributed by atoms with Crippen LogP contribution in [-0.2, 0) is 24.0 Å². The molecule has 0 aromatic carbocycles. The minimum absolute atomic E-state index is 0.0670. The normalized spacial score (nSPS) is 21.6. The minimum Gasteiger partial charge on any atom is -0.503 e.